The lowest BCUT2D eigenvalue weighted by molar-refractivity contribution is 0.350. The van der Waals surface area contributed by atoms with Gasteiger partial charge in [0.1, 0.15) is 5.75 Å². The van der Waals surface area contributed by atoms with Crippen molar-refractivity contribution in [1.29, 1.82) is 0 Å². The van der Waals surface area contributed by atoms with Crippen molar-refractivity contribution in [3.63, 3.8) is 0 Å². The Bertz CT molecular complexity index is 389. The number of ether oxygens (including phenoxy) is 1. The summed E-state index contributed by atoms with van der Waals surface area (Å²) >= 11 is 0. The summed E-state index contributed by atoms with van der Waals surface area (Å²) in [5.41, 5.74) is 2.59. The van der Waals surface area contributed by atoms with E-state index in [-0.39, 0.29) is 0 Å². The maximum Gasteiger partial charge on any atom is 0.123 e. The monoisotopic (exact) mass is 277 g/mol. The fourth-order valence-corrected chi connectivity index (χ4v) is 2.84. The summed E-state index contributed by atoms with van der Waals surface area (Å²) in [4.78, 5) is 0. The first-order valence-corrected chi connectivity index (χ1v) is 7.97. The van der Waals surface area contributed by atoms with Gasteiger partial charge in [-0.25, -0.2) is 0 Å². The highest BCUT2D eigenvalue weighted by Crippen LogP contribution is 2.32. The van der Waals surface area contributed by atoms with E-state index >= 15 is 0 Å². The second-order valence-corrected chi connectivity index (χ2v) is 5.74. The standard InChI is InChI=1S/C18H31NO/c1-6-8-9-15(7-2)13-17(19-4)16-12-14(3)10-11-18(16)20-5/h10-12,15,17,19H,6-9,13H2,1-5H3. The van der Waals surface area contributed by atoms with E-state index in [4.69, 9.17) is 4.74 Å². The average molecular weight is 277 g/mol. The molecular formula is C18H31NO. The number of methoxy groups -OCH3 is 1. The second kappa shape index (κ2) is 9.02. The van der Waals surface area contributed by atoms with Crippen LogP contribution in [0.3, 0.4) is 0 Å². The van der Waals surface area contributed by atoms with E-state index in [1.165, 1.54) is 43.2 Å². The zero-order chi connectivity index (χ0) is 15.0. The Kier molecular flexibility index (Phi) is 7.68. The number of benzene rings is 1. The molecule has 0 aliphatic carbocycles. The Labute approximate surface area is 124 Å². The minimum Gasteiger partial charge on any atom is -0.496 e. The van der Waals surface area contributed by atoms with Gasteiger partial charge in [-0.1, -0.05) is 57.2 Å². The highest BCUT2D eigenvalue weighted by atomic mass is 16.5. The molecule has 0 spiro atoms. The van der Waals surface area contributed by atoms with Gasteiger partial charge in [-0.2, -0.15) is 0 Å². The van der Waals surface area contributed by atoms with Crippen LogP contribution in [0.4, 0.5) is 0 Å². The van der Waals surface area contributed by atoms with Crippen molar-refractivity contribution in [3.8, 4) is 5.75 Å². The van der Waals surface area contributed by atoms with Crippen LogP contribution in [0.1, 0.15) is 63.1 Å². The van der Waals surface area contributed by atoms with E-state index in [1.54, 1.807) is 7.11 Å². The first-order valence-electron chi connectivity index (χ1n) is 7.97. The van der Waals surface area contributed by atoms with Crippen LogP contribution < -0.4 is 10.1 Å². The molecule has 1 rings (SSSR count). The molecule has 0 heterocycles. The normalized spacial score (nSPS) is 14.1. The van der Waals surface area contributed by atoms with Crippen molar-refractivity contribution in [2.45, 2.75) is 58.9 Å². The van der Waals surface area contributed by atoms with Crippen LogP contribution in [-0.2, 0) is 0 Å². The molecule has 0 fully saturated rings. The zero-order valence-corrected chi connectivity index (χ0v) is 13.8. The zero-order valence-electron chi connectivity index (χ0n) is 13.8. The minimum atomic E-state index is 0.381. The van der Waals surface area contributed by atoms with Crippen LogP contribution in [0, 0.1) is 12.8 Å². The van der Waals surface area contributed by atoms with E-state index < -0.39 is 0 Å². The Morgan fingerprint density at radius 1 is 1.25 bits per heavy atom. The van der Waals surface area contributed by atoms with Crippen LogP contribution in [0.15, 0.2) is 18.2 Å². The van der Waals surface area contributed by atoms with Crippen LogP contribution in [0.25, 0.3) is 0 Å². The molecule has 2 heteroatoms. The molecule has 2 nitrogen and oxygen atoms in total. The van der Waals surface area contributed by atoms with Crippen LogP contribution in [0.5, 0.6) is 5.75 Å². The van der Waals surface area contributed by atoms with Gasteiger partial charge in [-0.3, -0.25) is 0 Å². The summed E-state index contributed by atoms with van der Waals surface area (Å²) in [6, 6.07) is 6.84. The van der Waals surface area contributed by atoms with Gasteiger partial charge in [0, 0.05) is 11.6 Å². The summed E-state index contributed by atoms with van der Waals surface area (Å²) in [5, 5.41) is 3.48. The van der Waals surface area contributed by atoms with Gasteiger partial charge in [-0.15, -0.1) is 0 Å². The summed E-state index contributed by atoms with van der Waals surface area (Å²) in [6.45, 7) is 6.72. The van der Waals surface area contributed by atoms with E-state index in [0.717, 1.165) is 11.7 Å². The maximum absolute atomic E-state index is 5.54. The van der Waals surface area contributed by atoms with Crippen LogP contribution in [-0.4, -0.2) is 14.2 Å². The lowest BCUT2D eigenvalue weighted by Gasteiger charge is -2.24. The van der Waals surface area contributed by atoms with Gasteiger partial charge in [0.15, 0.2) is 0 Å². The van der Waals surface area contributed by atoms with Crippen LogP contribution in [0.2, 0.25) is 0 Å². The quantitative estimate of drug-likeness (QED) is 0.695. The minimum absolute atomic E-state index is 0.381. The first-order chi connectivity index (χ1) is 9.65. The Hall–Kier alpha value is -1.02. The molecule has 20 heavy (non-hydrogen) atoms. The molecule has 0 amide bonds. The molecule has 0 aromatic heterocycles. The van der Waals surface area contributed by atoms with Crippen molar-refractivity contribution in [2.24, 2.45) is 5.92 Å². The molecule has 0 aliphatic heterocycles. The molecule has 0 radical (unpaired) electrons. The van der Waals surface area contributed by atoms with Gasteiger partial charge in [0.2, 0.25) is 0 Å². The third-order valence-electron chi connectivity index (χ3n) is 4.22. The highest BCUT2D eigenvalue weighted by molar-refractivity contribution is 5.39. The Morgan fingerprint density at radius 2 is 2.00 bits per heavy atom. The van der Waals surface area contributed by atoms with Gasteiger partial charge in [0.25, 0.3) is 0 Å². The van der Waals surface area contributed by atoms with Gasteiger partial charge >= 0.3 is 0 Å². The van der Waals surface area contributed by atoms with Crippen molar-refractivity contribution in [2.75, 3.05) is 14.2 Å². The molecule has 2 atom stereocenters. The predicted octanol–water partition coefficient (Wildman–Crippen LogP) is 4.87. The van der Waals surface area contributed by atoms with Crippen LogP contribution >= 0.6 is 0 Å². The highest BCUT2D eigenvalue weighted by Gasteiger charge is 2.18. The lowest BCUT2D eigenvalue weighted by atomic mass is 9.88. The molecule has 114 valence electrons. The van der Waals surface area contributed by atoms with Gasteiger partial charge in [-0.05, 0) is 32.4 Å². The molecular weight excluding hydrogens is 246 g/mol. The molecule has 1 N–H and O–H groups in total. The number of aryl methyl sites for hydroxylation is 1. The number of hydrogen-bond donors (Lipinski definition) is 1. The van der Waals surface area contributed by atoms with Crippen molar-refractivity contribution in [1.82, 2.24) is 5.32 Å². The summed E-state index contributed by atoms with van der Waals surface area (Å²) in [6.07, 6.45) is 6.40. The number of unbranched alkanes of at least 4 members (excludes halogenated alkanes) is 1. The topological polar surface area (TPSA) is 21.3 Å². The van der Waals surface area contributed by atoms with Gasteiger partial charge < -0.3 is 10.1 Å². The van der Waals surface area contributed by atoms with Crippen molar-refractivity contribution in [3.05, 3.63) is 29.3 Å². The smallest absolute Gasteiger partial charge is 0.123 e. The number of rotatable bonds is 9. The van der Waals surface area contributed by atoms with Crippen molar-refractivity contribution < 1.29 is 4.74 Å². The molecule has 0 bridgehead atoms. The van der Waals surface area contributed by atoms with E-state index in [9.17, 15) is 0 Å². The Morgan fingerprint density at radius 3 is 2.55 bits per heavy atom. The second-order valence-electron chi connectivity index (χ2n) is 5.74. The summed E-state index contributed by atoms with van der Waals surface area (Å²) in [7, 11) is 3.81. The molecule has 0 saturated heterocycles. The number of hydrogen-bond acceptors (Lipinski definition) is 2. The lowest BCUT2D eigenvalue weighted by Crippen LogP contribution is -2.20. The van der Waals surface area contributed by atoms with Gasteiger partial charge in [0.05, 0.1) is 7.11 Å². The fraction of sp³-hybridized carbons (Fsp3) is 0.667. The van der Waals surface area contributed by atoms with E-state index in [0.29, 0.717) is 6.04 Å². The first kappa shape index (κ1) is 17.0. The van der Waals surface area contributed by atoms with Crippen molar-refractivity contribution >= 4 is 0 Å². The third-order valence-corrected chi connectivity index (χ3v) is 4.22. The predicted molar refractivity (Wildman–Crippen MR) is 87.5 cm³/mol. The molecule has 0 saturated carbocycles. The fourth-order valence-electron chi connectivity index (χ4n) is 2.84. The molecule has 2 unspecified atom stereocenters. The Balaban J connectivity index is 2.86. The molecule has 1 aromatic rings. The third kappa shape index (κ3) is 4.82. The SMILES string of the molecule is CCCCC(CC)CC(NC)c1cc(C)ccc1OC. The summed E-state index contributed by atoms with van der Waals surface area (Å²) < 4.78 is 5.54. The van der Waals surface area contributed by atoms with E-state index in [2.05, 4.69) is 51.3 Å². The van der Waals surface area contributed by atoms with E-state index in [1.807, 2.05) is 0 Å². The average Bonchev–Trinajstić information content (AvgIpc) is 2.47. The summed E-state index contributed by atoms with van der Waals surface area (Å²) in [5.74, 6) is 1.79. The maximum atomic E-state index is 5.54. The molecule has 1 aromatic carbocycles. The molecule has 0 aliphatic rings. The number of nitrogens with one attached hydrogen (secondary N) is 1. The largest absolute Gasteiger partial charge is 0.496 e.